The van der Waals surface area contributed by atoms with Gasteiger partial charge in [0.05, 0.1) is 23.2 Å². The normalized spacial score (nSPS) is 28.5. The molecule has 2 saturated heterocycles. The van der Waals surface area contributed by atoms with Crippen LogP contribution in [0.5, 0.6) is 0 Å². The summed E-state index contributed by atoms with van der Waals surface area (Å²) < 4.78 is 0. The van der Waals surface area contributed by atoms with Gasteiger partial charge in [-0.05, 0) is 38.8 Å². The van der Waals surface area contributed by atoms with Gasteiger partial charge in [-0.2, -0.15) is 0 Å². The fourth-order valence-corrected chi connectivity index (χ4v) is 3.14. The molecule has 2 atom stereocenters. The van der Waals surface area contributed by atoms with Crippen LogP contribution in [-0.2, 0) is 19.2 Å². The second kappa shape index (κ2) is 6.06. The molecule has 0 amide bonds. The van der Waals surface area contributed by atoms with Crippen molar-refractivity contribution in [1.82, 2.24) is 10.6 Å². The molecule has 3 rings (SSSR count). The number of carbonyl (C=O) groups excluding carboxylic acids is 4. The molecular weight excluding hydrogens is 284 g/mol. The number of rotatable bonds is 4. The number of hydrogen-bond acceptors (Lipinski definition) is 6. The highest BCUT2D eigenvalue weighted by Crippen LogP contribution is 2.20. The van der Waals surface area contributed by atoms with E-state index in [1.165, 1.54) is 0 Å². The zero-order chi connectivity index (χ0) is 15.7. The summed E-state index contributed by atoms with van der Waals surface area (Å²) in [5, 5.41) is 6.03. The second-order valence-corrected chi connectivity index (χ2v) is 5.87. The Morgan fingerprint density at radius 1 is 0.818 bits per heavy atom. The lowest BCUT2D eigenvalue weighted by molar-refractivity contribution is -0.124. The number of ketones is 4. The fourth-order valence-electron chi connectivity index (χ4n) is 3.14. The quantitative estimate of drug-likeness (QED) is 0.544. The van der Waals surface area contributed by atoms with Crippen LogP contribution in [0.15, 0.2) is 23.3 Å². The molecule has 0 aromatic carbocycles. The summed E-state index contributed by atoms with van der Waals surface area (Å²) in [6.45, 7) is 1.47. The Hall–Kier alpha value is -1.92. The van der Waals surface area contributed by atoms with Crippen LogP contribution in [-0.4, -0.2) is 48.3 Å². The van der Waals surface area contributed by atoms with E-state index in [1.807, 2.05) is 0 Å². The van der Waals surface area contributed by atoms with Gasteiger partial charge in [0.25, 0.3) is 0 Å². The van der Waals surface area contributed by atoms with Crippen LogP contribution < -0.4 is 10.6 Å². The summed E-state index contributed by atoms with van der Waals surface area (Å²) >= 11 is 0. The number of Topliss-reactive ketones (excluding diaryl/α,β-unsaturated/α-hetero) is 2. The van der Waals surface area contributed by atoms with E-state index in [4.69, 9.17) is 0 Å². The predicted molar refractivity (Wildman–Crippen MR) is 78.2 cm³/mol. The third-order valence-electron chi connectivity index (χ3n) is 4.37. The van der Waals surface area contributed by atoms with Gasteiger partial charge >= 0.3 is 0 Å². The molecule has 0 saturated carbocycles. The second-order valence-electron chi connectivity index (χ2n) is 5.87. The maximum atomic E-state index is 12.3. The molecule has 1 aliphatic carbocycles. The van der Waals surface area contributed by atoms with Crippen LogP contribution in [0.2, 0.25) is 0 Å². The highest BCUT2D eigenvalue weighted by Gasteiger charge is 2.35. The van der Waals surface area contributed by atoms with E-state index in [0.29, 0.717) is 12.8 Å². The molecule has 116 valence electrons. The molecule has 0 spiro atoms. The maximum absolute atomic E-state index is 12.3. The standard InChI is InChI=1S/C16H18N2O4/c19-13-8-10(16(22)12-4-2-6-18-12)14(20)7-9(13)15(21)11-3-1-5-17-11/h7-8,11-12,17-18H,1-6H2/t11-,12-/m1/s1. The summed E-state index contributed by atoms with van der Waals surface area (Å²) in [5.74, 6) is -1.78. The Balaban J connectivity index is 1.77. The summed E-state index contributed by atoms with van der Waals surface area (Å²) in [4.78, 5) is 48.8. The van der Waals surface area contributed by atoms with E-state index in [0.717, 1.165) is 38.1 Å². The van der Waals surface area contributed by atoms with Crippen molar-refractivity contribution in [1.29, 1.82) is 0 Å². The van der Waals surface area contributed by atoms with Gasteiger partial charge in [-0.15, -0.1) is 0 Å². The van der Waals surface area contributed by atoms with Gasteiger partial charge < -0.3 is 10.6 Å². The van der Waals surface area contributed by atoms with Gasteiger partial charge in [-0.25, -0.2) is 0 Å². The van der Waals surface area contributed by atoms with E-state index in [-0.39, 0.29) is 22.7 Å². The van der Waals surface area contributed by atoms with E-state index >= 15 is 0 Å². The first-order valence-electron chi connectivity index (χ1n) is 7.65. The minimum Gasteiger partial charge on any atom is -0.307 e. The van der Waals surface area contributed by atoms with Crippen molar-refractivity contribution in [2.45, 2.75) is 37.8 Å². The predicted octanol–water partition coefficient (Wildman–Crippen LogP) is -0.367. The molecule has 2 fully saturated rings. The van der Waals surface area contributed by atoms with E-state index < -0.39 is 23.7 Å². The first-order chi connectivity index (χ1) is 10.6. The Labute approximate surface area is 128 Å². The lowest BCUT2D eigenvalue weighted by Crippen LogP contribution is -2.38. The molecule has 2 N–H and O–H groups in total. The van der Waals surface area contributed by atoms with Crippen molar-refractivity contribution in [3.63, 3.8) is 0 Å². The SMILES string of the molecule is O=C1C=C(C(=O)[C@H]2CCCN2)C(=O)C=C1C(=O)[C@H]1CCCN1. The van der Waals surface area contributed by atoms with E-state index in [2.05, 4.69) is 10.6 Å². The zero-order valence-electron chi connectivity index (χ0n) is 12.2. The lowest BCUT2D eigenvalue weighted by Gasteiger charge is -2.16. The molecule has 0 unspecified atom stereocenters. The molecule has 3 aliphatic rings. The van der Waals surface area contributed by atoms with Gasteiger partial charge in [0, 0.05) is 12.2 Å². The minimum atomic E-state index is -0.542. The van der Waals surface area contributed by atoms with Gasteiger partial charge in [0.2, 0.25) is 0 Å². The average Bonchev–Trinajstić information content (AvgIpc) is 3.20. The largest absolute Gasteiger partial charge is 0.307 e. The van der Waals surface area contributed by atoms with Crippen LogP contribution in [0, 0.1) is 0 Å². The number of carbonyl (C=O) groups is 4. The van der Waals surface area contributed by atoms with Crippen molar-refractivity contribution in [3.8, 4) is 0 Å². The average molecular weight is 302 g/mol. The Kier molecular flexibility index (Phi) is 4.13. The molecule has 0 bridgehead atoms. The van der Waals surface area contributed by atoms with Crippen molar-refractivity contribution in [2.75, 3.05) is 13.1 Å². The first kappa shape index (κ1) is 15.0. The monoisotopic (exact) mass is 302 g/mol. The molecule has 22 heavy (non-hydrogen) atoms. The topological polar surface area (TPSA) is 92.3 Å². The van der Waals surface area contributed by atoms with Crippen molar-refractivity contribution < 1.29 is 19.2 Å². The minimum absolute atomic E-state index is 0.111. The zero-order valence-corrected chi connectivity index (χ0v) is 12.2. The van der Waals surface area contributed by atoms with Gasteiger partial charge in [-0.3, -0.25) is 19.2 Å². The molecule has 2 aliphatic heterocycles. The van der Waals surface area contributed by atoms with Crippen molar-refractivity contribution >= 4 is 23.1 Å². The molecule has 6 heteroatoms. The van der Waals surface area contributed by atoms with Crippen LogP contribution in [0.3, 0.4) is 0 Å². The van der Waals surface area contributed by atoms with Crippen molar-refractivity contribution in [3.05, 3.63) is 23.3 Å². The number of allylic oxidation sites excluding steroid dienone is 2. The van der Waals surface area contributed by atoms with Crippen LogP contribution in [0.25, 0.3) is 0 Å². The summed E-state index contributed by atoms with van der Waals surface area (Å²) in [7, 11) is 0. The third-order valence-corrected chi connectivity index (χ3v) is 4.37. The fraction of sp³-hybridized carbons (Fsp3) is 0.500. The van der Waals surface area contributed by atoms with Gasteiger partial charge in [0.1, 0.15) is 0 Å². The van der Waals surface area contributed by atoms with Crippen LogP contribution in [0.1, 0.15) is 25.7 Å². The number of nitrogens with one attached hydrogen (secondary N) is 2. The molecule has 0 aromatic rings. The summed E-state index contributed by atoms with van der Waals surface area (Å²) in [6, 6.07) is -0.796. The Morgan fingerprint density at radius 2 is 1.23 bits per heavy atom. The number of hydrogen-bond donors (Lipinski definition) is 2. The van der Waals surface area contributed by atoms with Crippen molar-refractivity contribution in [2.24, 2.45) is 0 Å². The first-order valence-corrected chi connectivity index (χ1v) is 7.65. The Morgan fingerprint density at radius 3 is 1.55 bits per heavy atom. The molecule has 2 heterocycles. The van der Waals surface area contributed by atoms with Gasteiger partial charge in [0.15, 0.2) is 23.1 Å². The molecule has 0 radical (unpaired) electrons. The third kappa shape index (κ3) is 2.71. The highest BCUT2D eigenvalue weighted by molar-refractivity contribution is 6.38. The van der Waals surface area contributed by atoms with Crippen LogP contribution in [0.4, 0.5) is 0 Å². The van der Waals surface area contributed by atoms with E-state index in [1.54, 1.807) is 0 Å². The van der Waals surface area contributed by atoms with Gasteiger partial charge in [-0.1, -0.05) is 0 Å². The summed E-state index contributed by atoms with van der Waals surface area (Å²) in [6.07, 6.45) is 5.15. The smallest absolute Gasteiger partial charge is 0.190 e. The Bertz CT molecular complexity index is 552. The lowest BCUT2D eigenvalue weighted by atomic mass is 9.88. The maximum Gasteiger partial charge on any atom is 0.190 e. The summed E-state index contributed by atoms with van der Waals surface area (Å²) in [5.41, 5.74) is -0.222. The van der Waals surface area contributed by atoms with E-state index in [9.17, 15) is 19.2 Å². The van der Waals surface area contributed by atoms with Crippen LogP contribution >= 0.6 is 0 Å². The molecule has 6 nitrogen and oxygen atoms in total. The molecule has 0 aromatic heterocycles. The highest BCUT2D eigenvalue weighted by atomic mass is 16.2. The molecular formula is C16H18N2O4.